The molecular formula is C12H9BrO4. The summed E-state index contributed by atoms with van der Waals surface area (Å²) in [5, 5.41) is 0.663. The highest BCUT2D eigenvalue weighted by atomic mass is 79.9. The number of rotatable bonds is 2. The van der Waals surface area contributed by atoms with Crippen LogP contribution in [0, 0.1) is 0 Å². The SMILES string of the molecule is COc1ccc2c(Br)c(C(C)=O)c(=O)oc2c1. The lowest BCUT2D eigenvalue weighted by Crippen LogP contribution is -2.12. The van der Waals surface area contributed by atoms with E-state index in [-0.39, 0.29) is 11.3 Å². The molecule has 0 bridgehead atoms. The van der Waals surface area contributed by atoms with Gasteiger partial charge in [0.2, 0.25) is 0 Å². The summed E-state index contributed by atoms with van der Waals surface area (Å²) >= 11 is 3.26. The molecule has 1 aromatic heterocycles. The van der Waals surface area contributed by atoms with Gasteiger partial charge in [-0.3, -0.25) is 4.79 Å². The van der Waals surface area contributed by atoms with Crippen LogP contribution in [0.3, 0.4) is 0 Å². The summed E-state index contributed by atoms with van der Waals surface area (Å²) < 4.78 is 10.6. The molecule has 2 aromatic rings. The quantitative estimate of drug-likeness (QED) is 0.632. The van der Waals surface area contributed by atoms with Crippen LogP contribution in [0.25, 0.3) is 11.0 Å². The number of halogens is 1. The smallest absolute Gasteiger partial charge is 0.348 e. The van der Waals surface area contributed by atoms with Gasteiger partial charge in [-0.15, -0.1) is 0 Å². The molecule has 0 aliphatic heterocycles. The van der Waals surface area contributed by atoms with Crippen LogP contribution in [-0.2, 0) is 0 Å². The zero-order chi connectivity index (χ0) is 12.6. The predicted octanol–water partition coefficient (Wildman–Crippen LogP) is 2.77. The summed E-state index contributed by atoms with van der Waals surface area (Å²) in [5.41, 5.74) is -0.237. The van der Waals surface area contributed by atoms with E-state index in [1.165, 1.54) is 14.0 Å². The molecule has 0 atom stereocenters. The highest BCUT2D eigenvalue weighted by Gasteiger charge is 2.16. The fourth-order valence-corrected chi connectivity index (χ4v) is 2.34. The number of ether oxygens (including phenoxy) is 1. The van der Waals surface area contributed by atoms with Gasteiger partial charge in [-0.2, -0.15) is 0 Å². The van der Waals surface area contributed by atoms with E-state index in [0.29, 0.717) is 21.2 Å². The molecule has 5 heteroatoms. The number of benzene rings is 1. The Morgan fingerprint density at radius 3 is 2.71 bits per heavy atom. The van der Waals surface area contributed by atoms with Crippen LogP contribution in [0.2, 0.25) is 0 Å². The highest BCUT2D eigenvalue weighted by molar-refractivity contribution is 9.10. The molecule has 0 aliphatic rings. The monoisotopic (exact) mass is 296 g/mol. The molecule has 0 unspecified atom stereocenters. The van der Waals surface area contributed by atoms with Crippen molar-refractivity contribution in [2.45, 2.75) is 6.92 Å². The van der Waals surface area contributed by atoms with Crippen LogP contribution in [-0.4, -0.2) is 12.9 Å². The third-order valence-corrected chi connectivity index (χ3v) is 3.23. The zero-order valence-electron chi connectivity index (χ0n) is 9.24. The summed E-state index contributed by atoms with van der Waals surface area (Å²) in [6.07, 6.45) is 0. The average Bonchev–Trinajstić information content (AvgIpc) is 2.27. The lowest BCUT2D eigenvalue weighted by atomic mass is 10.1. The topological polar surface area (TPSA) is 56.5 Å². The van der Waals surface area contributed by atoms with E-state index in [2.05, 4.69) is 15.9 Å². The van der Waals surface area contributed by atoms with E-state index < -0.39 is 5.63 Å². The lowest BCUT2D eigenvalue weighted by molar-refractivity contribution is 0.101. The molecular weight excluding hydrogens is 288 g/mol. The van der Waals surface area contributed by atoms with Gasteiger partial charge in [0.1, 0.15) is 16.9 Å². The number of Topliss-reactive ketones (excluding diaryl/α,β-unsaturated/α-hetero) is 1. The molecule has 1 aromatic carbocycles. The Labute approximate surface area is 105 Å². The highest BCUT2D eigenvalue weighted by Crippen LogP contribution is 2.28. The fraction of sp³-hybridized carbons (Fsp3) is 0.167. The van der Waals surface area contributed by atoms with E-state index in [9.17, 15) is 9.59 Å². The lowest BCUT2D eigenvalue weighted by Gasteiger charge is -2.05. The first-order chi connectivity index (χ1) is 8.04. The number of fused-ring (bicyclic) bond motifs is 1. The molecule has 17 heavy (non-hydrogen) atoms. The Kier molecular flexibility index (Phi) is 3.02. The van der Waals surface area contributed by atoms with E-state index in [4.69, 9.17) is 9.15 Å². The van der Waals surface area contributed by atoms with Crippen molar-refractivity contribution < 1.29 is 13.9 Å². The van der Waals surface area contributed by atoms with Gasteiger partial charge < -0.3 is 9.15 Å². The molecule has 0 N–H and O–H groups in total. The molecule has 0 amide bonds. The minimum absolute atomic E-state index is 0.0302. The van der Waals surface area contributed by atoms with Crippen LogP contribution >= 0.6 is 15.9 Å². The second-order valence-electron chi connectivity index (χ2n) is 3.50. The average molecular weight is 297 g/mol. The molecule has 0 saturated carbocycles. The van der Waals surface area contributed by atoms with Gasteiger partial charge >= 0.3 is 5.63 Å². The number of methoxy groups -OCH3 is 1. The third kappa shape index (κ3) is 1.98. The Hall–Kier alpha value is -1.62. The van der Waals surface area contributed by atoms with Gasteiger partial charge in [0.05, 0.1) is 7.11 Å². The molecule has 88 valence electrons. The predicted molar refractivity (Wildman–Crippen MR) is 66.7 cm³/mol. The third-order valence-electron chi connectivity index (χ3n) is 2.40. The van der Waals surface area contributed by atoms with E-state index in [0.717, 1.165) is 0 Å². The summed E-state index contributed by atoms with van der Waals surface area (Å²) in [5.74, 6) is 0.256. The van der Waals surface area contributed by atoms with Gasteiger partial charge in [0.15, 0.2) is 5.78 Å². The molecule has 0 spiro atoms. The van der Waals surface area contributed by atoms with Gasteiger partial charge in [-0.25, -0.2) is 4.79 Å². The first-order valence-electron chi connectivity index (χ1n) is 4.86. The van der Waals surface area contributed by atoms with Crippen molar-refractivity contribution in [1.82, 2.24) is 0 Å². The van der Waals surface area contributed by atoms with Crippen LogP contribution < -0.4 is 10.4 Å². The maximum absolute atomic E-state index is 11.6. The number of carbonyl (C=O) groups excluding carboxylic acids is 1. The van der Waals surface area contributed by atoms with E-state index >= 15 is 0 Å². The van der Waals surface area contributed by atoms with Crippen LogP contribution in [0.5, 0.6) is 5.75 Å². The molecule has 2 rings (SSSR count). The summed E-state index contributed by atoms with van der Waals surface area (Å²) in [4.78, 5) is 23.0. The van der Waals surface area contributed by atoms with Crippen LogP contribution in [0.1, 0.15) is 17.3 Å². The van der Waals surface area contributed by atoms with Gasteiger partial charge in [0, 0.05) is 15.9 Å². The van der Waals surface area contributed by atoms with Gasteiger partial charge in [0.25, 0.3) is 0 Å². The molecule has 0 fully saturated rings. The Morgan fingerprint density at radius 1 is 1.41 bits per heavy atom. The molecule has 0 saturated heterocycles. The van der Waals surface area contributed by atoms with Crippen molar-refractivity contribution in [3.05, 3.63) is 38.7 Å². The van der Waals surface area contributed by atoms with Crippen molar-refractivity contribution in [3.8, 4) is 5.75 Å². The number of hydrogen-bond donors (Lipinski definition) is 0. The van der Waals surface area contributed by atoms with Gasteiger partial charge in [-0.05, 0) is 35.0 Å². The van der Waals surface area contributed by atoms with E-state index in [1.807, 2.05) is 0 Å². The number of carbonyl (C=O) groups is 1. The first kappa shape index (κ1) is 11.9. The van der Waals surface area contributed by atoms with Crippen molar-refractivity contribution in [2.75, 3.05) is 7.11 Å². The van der Waals surface area contributed by atoms with Crippen LogP contribution in [0.15, 0.2) is 31.9 Å². The summed E-state index contributed by atoms with van der Waals surface area (Å²) in [7, 11) is 1.53. The Balaban J connectivity index is 2.86. The molecule has 0 aliphatic carbocycles. The normalized spacial score (nSPS) is 10.5. The Bertz CT molecular complexity index is 657. The molecule has 0 radical (unpaired) electrons. The maximum atomic E-state index is 11.6. The Morgan fingerprint density at radius 2 is 2.12 bits per heavy atom. The van der Waals surface area contributed by atoms with Crippen molar-refractivity contribution in [2.24, 2.45) is 0 Å². The zero-order valence-corrected chi connectivity index (χ0v) is 10.8. The maximum Gasteiger partial charge on any atom is 0.348 e. The van der Waals surface area contributed by atoms with E-state index in [1.54, 1.807) is 18.2 Å². The summed E-state index contributed by atoms with van der Waals surface area (Å²) in [6, 6.07) is 5.07. The largest absolute Gasteiger partial charge is 0.497 e. The number of ketones is 1. The first-order valence-corrected chi connectivity index (χ1v) is 5.65. The minimum Gasteiger partial charge on any atom is -0.497 e. The second-order valence-corrected chi connectivity index (χ2v) is 4.29. The fourth-order valence-electron chi connectivity index (χ4n) is 1.57. The van der Waals surface area contributed by atoms with Crippen molar-refractivity contribution in [3.63, 3.8) is 0 Å². The van der Waals surface area contributed by atoms with Crippen molar-refractivity contribution in [1.29, 1.82) is 0 Å². The standard InChI is InChI=1S/C12H9BrO4/c1-6(14)10-11(13)8-4-3-7(16-2)5-9(8)17-12(10)15/h3-5H,1-2H3. The molecule has 1 heterocycles. The van der Waals surface area contributed by atoms with Gasteiger partial charge in [-0.1, -0.05) is 0 Å². The van der Waals surface area contributed by atoms with Crippen molar-refractivity contribution >= 4 is 32.7 Å². The number of hydrogen-bond acceptors (Lipinski definition) is 4. The minimum atomic E-state index is -0.648. The second kappa shape index (κ2) is 4.33. The van der Waals surface area contributed by atoms with Crippen LogP contribution in [0.4, 0.5) is 0 Å². The summed E-state index contributed by atoms with van der Waals surface area (Å²) in [6.45, 7) is 1.33. The molecule has 4 nitrogen and oxygen atoms in total.